The minimum Gasteiger partial charge on any atom is -0.545 e. The van der Waals surface area contributed by atoms with Gasteiger partial charge in [0.05, 0.1) is 40.3 Å². The van der Waals surface area contributed by atoms with Gasteiger partial charge >= 0.3 is 11.9 Å². The van der Waals surface area contributed by atoms with E-state index in [1.807, 2.05) is 21.1 Å². The quantitative estimate of drug-likeness (QED) is 0.0195. The average Bonchev–Trinajstić information content (AvgIpc) is 3.38. The summed E-state index contributed by atoms with van der Waals surface area (Å²) in [6.07, 6.45) is 71.0. The maximum absolute atomic E-state index is 12.9. The Labute approximate surface area is 462 Å². The van der Waals surface area contributed by atoms with Crippen molar-refractivity contribution in [1.29, 1.82) is 0 Å². The number of unbranched alkanes of at least 4 members (excludes halogenated alkanes) is 30. The number of hydrogen-bond acceptors (Lipinski definition) is 8. The number of likely N-dealkylation sites (N-methyl/N-ethyl adjacent to an activating group) is 1. The van der Waals surface area contributed by atoms with Gasteiger partial charge in [-0.25, -0.2) is 0 Å². The van der Waals surface area contributed by atoms with Crippen molar-refractivity contribution in [3.05, 3.63) is 72.9 Å². The predicted octanol–water partition coefficient (Wildman–Crippen LogP) is 17.2. The summed E-state index contributed by atoms with van der Waals surface area (Å²) < 4.78 is 22.7. The minimum absolute atomic E-state index is 0.146. The van der Waals surface area contributed by atoms with Crippen molar-refractivity contribution in [2.75, 3.05) is 47.5 Å². The number of carboxylic acid groups (broad SMARTS) is 1. The molecule has 0 aromatic rings. The normalized spacial score (nSPS) is 13.2. The fourth-order valence-electron chi connectivity index (χ4n) is 8.68. The first kappa shape index (κ1) is 71.7. The summed E-state index contributed by atoms with van der Waals surface area (Å²) >= 11 is 0. The molecule has 0 aliphatic carbocycles. The number of nitrogens with zero attached hydrogens (tertiary/aromatic N) is 1. The Morgan fingerprint density at radius 2 is 0.760 bits per heavy atom. The van der Waals surface area contributed by atoms with Crippen LogP contribution in [0, 0.1) is 0 Å². The van der Waals surface area contributed by atoms with E-state index in [-0.39, 0.29) is 38.6 Å². The fourth-order valence-corrected chi connectivity index (χ4v) is 8.68. The molecule has 0 saturated heterocycles. The lowest BCUT2D eigenvalue weighted by atomic mass is 10.0. The molecule has 0 bridgehead atoms. The summed E-state index contributed by atoms with van der Waals surface area (Å²) in [6.45, 7) is 4.65. The predicted molar refractivity (Wildman–Crippen MR) is 315 cm³/mol. The summed E-state index contributed by atoms with van der Waals surface area (Å²) in [6, 6.07) is 0. The first-order valence-corrected chi connectivity index (χ1v) is 31.1. The van der Waals surface area contributed by atoms with E-state index in [1.54, 1.807) is 0 Å². The molecule has 0 aliphatic heterocycles. The first-order valence-electron chi connectivity index (χ1n) is 31.1. The third kappa shape index (κ3) is 58.3. The lowest BCUT2D eigenvalue weighted by molar-refractivity contribution is -0.870. The highest BCUT2D eigenvalue weighted by Crippen LogP contribution is 2.17. The number of carbonyl (C=O) groups excluding carboxylic acids is 3. The van der Waals surface area contributed by atoms with Crippen molar-refractivity contribution in [1.82, 2.24) is 0 Å². The van der Waals surface area contributed by atoms with Crippen LogP contribution in [0.1, 0.15) is 271 Å². The molecule has 0 heterocycles. The van der Waals surface area contributed by atoms with Gasteiger partial charge in [-0.1, -0.05) is 247 Å². The second-order valence-corrected chi connectivity index (χ2v) is 22.0. The van der Waals surface area contributed by atoms with Gasteiger partial charge < -0.3 is 33.3 Å². The van der Waals surface area contributed by atoms with Crippen LogP contribution in [-0.2, 0) is 33.3 Å². The van der Waals surface area contributed by atoms with Gasteiger partial charge in [-0.2, -0.15) is 0 Å². The highest BCUT2D eigenvalue weighted by molar-refractivity contribution is 5.70. The lowest BCUT2D eigenvalue weighted by Crippen LogP contribution is -2.44. The number of hydrogen-bond donors (Lipinski definition) is 0. The number of carbonyl (C=O) groups is 3. The molecular formula is C66H117NO8. The van der Waals surface area contributed by atoms with Crippen LogP contribution in [0.25, 0.3) is 0 Å². The fraction of sp³-hybridized carbons (Fsp3) is 0.773. The molecule has 0 radical (unpaired) electrons. The topological polar surface area (TPSA) is 111 Å². The molecule has 0 N–H and O–H groups in total. The van der Waals surface area contributed by atoms with Gasteiger partial charge in [0.2, 0.25) is 0 Å². The van der Waals surface area contributed by atoms with E-state index >= 15 is 0 Å². The molecule has 2 atom stereocenters. The van der Waals surface area contributed by atoms with Gasteiger partial charge in [0.15, 0.2) is 12.4 Å². The van der Waals surface area contributed by atoms with Crippen molar-refractivity contribution in [2.45, 2.75) is 283 Å². The van der Waals surface area contributed by atoms with Crippen molar-refractivity contribution in [3.8, 4) is 0 Å². The Hall–Kier alpha value is -3.27. The number of ether oxygens (including phenoxy) is 4. The Bertz CT molecular complexity index is 1460. The molecule has 75 heavy (non-hydrogen) atoms. The number of carboxylic acids is 1. The number of esters is 2. The molecule has 434 valence electrons. The van der Waals surface area contributed by atoms with E-state index in [0.29, 0.717) is 17.4 Å². The van der Waals surface area contributed by atoms with Crippen LogP contribution in [0.2, 0.25) is 0 Å². The molecule has 0 aliphatic rings. The van der Waals surface area contributed by atoms with Crippen LogP contribution >= 0.6 is 0 Å². The third-order valence-electron chi connectivity index (χ3n) is 13.4. The average molecular weight is 1050 g/mol. The molecule has 0 fully saturated rings. The van der Waals surface area contributed by atoms with Crippen LogP contribution in [0.5, 0.6) is 0 Å². The van der Waals surface area contributed by atoms with Crippen molar-refractivity contribution in [2.24, 2.45) is 0 Å². The van der Waals surface area contributed by atoms with E-state index < -0.39 is 24.3 Å². The molecule has 0 aromatic heterocycles. The monoisotopic (exact) mass is 1050 g/mol. The SMILES string of the molecule is CC/C=C\C/C=C\C/C=C\C/C=C\C/C=C\CCCCCCCCCCCCCCCCCC(=O)OC(COC(=O)CCCCCCCCCCC/C=C\CCCCCCCC)COC(OCC[N+](C)(C)C)C(=O)[O-]. The Morgan fingerprint density at radius 1 is 0.413 bits per heavy atom. The molecule has 0 amide bonds. The highest BCUT2D eigenvalue weighted by Gasteiger charge is 2.22. The maximum atomic E-state index is 12.9. The van der Waals surface area contributed by atoms with Gasteiger partial charge in [-0.3, -0.25) is 9.59 Å². The molecule has 9 heteroatoms. The van der Waals surface area contributed by atoms with Crippen molar-refractivity contribution < 1.29 is 42.9 Å². The van der Waals surface area contributed by atoms with Gasteiger partial charge in [-0.15, -0.1) is 0 Å². The van der Waals surface area contributed by atoms with Gasteiger partial charge in [0, 0.05) is 12.8 Å². The zero-order valence-electron chi connectivity index (χ0n) is 49.4. The number of rotatable bonds is 57. The van der Waals surface area contributed by atoms with E-state index in [4.69, 9.17) is 18.9 Å². The second kappa shape index (κ2) is 56.9. The van der Waals surface area contributed by atoms with Crippen molar-refractivity contribution >= 4 is 17.9 Å². The summed E-state index contributed by atoms with van der Waals surface area (Å²) in [5.41, 5.74) is 0. The van der Waals surface area contributed by atoms with Crippen LogP contribution in [0.3, 0.4) is 0 Å². The zero-order valence-corrected chi connectivity index (χ0v) is 49.4. The zero-order chi connectivity index (χ0) is 54.8. The molecule has 9 nitrogen and oxygen atoms in total. The number of allylic oxidation sites excluding steroid dienone is 12. The highest BCUT2D eigenvalue weighted by atomic mass is 16.7. The van der Waals surface area contributed by atoms with Gasteiger partial charge in [0.25, 0.3) is 0 Å². The van der Waals surface area contributed by atoms with Gasteiger partial charge in [-0.05, 0) is 83.5 Å². The van der Waals surface area contributed by atoms with E-state index in [1.165, 1.54) is 167 Å². The summed E-state index contributed by atoms with van der Waals surface area (Å²) in [4.78, 5) is 37.4. The first-order chi connectivity index (χ1) is 36.6. The lowest BCUT2D eigenvalue weighted by Gasteiger charge is -2.26. The standard InChI is InChI=1S/C66H117NO8/c1-6-8-10-12-14-16-18-20-22-24-26-27-28-29-30-31-32-33-34-35-36-37-39-41-43-45-47-49-51-53-55-57-64(69)75-62(61-74-66(65(70)71)72-59-58-67(3,4)5)60-73-63(68)56-54-52-50-48-46-44-42-40-38-25-23-21-19-17-15-13-11-9-7-2/h8,10,14,16,20-23,26-27,29-30,62,66H,6-7,9,11-13,15,17-19,24-25,28,31-61H2,1-5H3/b10-8-,16-14-,22-20-,23-21-,27-26-,30-29-. The molecule has 2 unspecified atom stereocenters. The van der Waals surface area contributed by atoms with Crippen LogP contribution in [-0.4, -0.2) is 82.3 Å². The molecule has 0 spiro atoms. The Morgan fingerprint density at radius 3 is 1.15 bits per heavy atom. The smallest absolute Gasteiger partial charge is 0.306 e. The summed E-state index contributed by atoms with van der Waals surface area (Å²) in [5, 5.41) is 11.8. The molecule has 0 rings (SSSR count). The number of quaternary nitrogens is 1. The molecule has 0 aromatic carbocycles. The minimum atomic E-state index is -1.62. The van der Waals surface area contributed by atoms with E-state index in [2.05, 4.69) is 86.8 Å². The van der Waals surface area contributed by atoms with E-state index in [0.717, 1.165) is 70.6 Å². The maximum Gasteiger partial charge on any atom is 0.306 e. The van der Waals surface area contributed by atoms with Crippen molar-refractivity contribution in [3.63, 3.8) is 0 Å². The Kier molecular flexibility index (Phi) is 54.4. The third-order valence-corrected chi connectivity index (χ3v) is 13.4. The number of aliphatic carboxylic acids is 1. The summed E-state index contributed by atoms with van der Waals surface area (Å²) in [5.74, 6) is -2.28. The van der Waals surface area contributed by atoms with E-state index in [9.17, 15) is 19.5 Å². The summed E-state index contributed by atoms with van der Waals surface area (Å²) in [7, 11) is 5.93. The van der Waals surface area contributed by atoms with Crippen LogP contribution in [0.15, 0.2) is 72.9 Å². The molecular weight excluding hydrogens is 935 g/mol. The largest absolute Gasteiger partial charge is 0.545 e. The van der Waals surface area contributed by atoms with Crippen LogP contribution in [0.4, 0.5) is 0 Å². The van der Waals surface area contributed by atoms with Crippen LogP contribution < -0.4 is 5.11 Å². The Balaban J connectivity index is 4.16. The second-order valence-electron chi connectivity index (χ2n) is 22.0. The molecule has 0 saturated carbocycles. The van der Waals surface area contributed by atoms with Gasteiger partial charge in [0.1, 0.15) is 13.2 Å².